The highest BCUT2D eigenvalue weighted by atomic mass is 32.2. The number of carbonyl (C=O) groups excluding carboxylic acids is 1. The summed E-state index contributed by atoms with van der Waals surface area (Å²) >= 11 is 3.36. The first-order valence-corrected chi connectivity index (χ1v) is 7.78. The number of thiazole rings is 1. The number of fused-ring (bicyclic) bond motifs is 1. The van der Waals surface area contributed by atoms with Gasteiger partial charge >= 0.3 is 5.97 Å². The largest absolute Gasteiger partial charge is 0.468 e. The molecule has 6 heteroatoms. The minimum Gasteiger partial charge on any atom is -0.468 e. The first kappa shape index (κ1) is 14.3. The number of thioether (sulfide) groups is 1. The van der Waals surface area contributed by atoms with Crippen LogP contribution in [0.15, 0.2) is 28.6 Å². The molecule has 0 fully saturated rings. The van der Waals surface area contributed by atoms with Crippen molar-refractivity contribution < 1.29 is 9.53 Å². The molecule has 0 amide bonds. The lowest BCUT2D eigenvalue weighted by molar-refractivity contribution is -0.143. The highest BCUT2D eigenvalue weighted by Crippen LogP contribution is 2.29. The predicted octanol–water partition coefficient (Wildman–Crippen LogP) is 2.54. The maximum atomic E-state index is 11.4. The highest BCUT2D eigenvalue weighted by molar-refractivity contribution is 8.01. The van der Waals surface area contributed by atoms with E-state index in [1.165, 1.54) is 11.8 Å². The number of para-hydroxylation sites is 1. The van der Waals surface area contributed by atoms with E-state index in [1.54, 1.807) is 30.1 Å². The van der Waals surface area contributed by atoms with Crippen LogP contribution in [0, 0.1) is 0 Å². The first-order chi connectivity index (χ1) is 9.24. The smallest absolute Gasteiger partial charge is 0.322 e. The minimum absolute atomic E-state index is 0.215. The fourth-order valence-corrected chi connectivity index (χ4v) is 3.84. The monoisotopic (exact) mass is 296 g/mol. The topological polar surface area (TPSA) is 51.2 Å². The van der Waals surface area contributed by atoms with E-state index in [9.17, 15) is 4.79 Å². The molecule has 1 N–H and O–H groups in total. The highest BCUT2D eigenvalue weighted by Gasteiger charge is 2.16. The number of esters is 1. The molecule has 0 saturated heterocycles. The van der Waals surface area contributed by atoms with Gasteiger partial charge in [0.1, 0.15) is 6.04 Å². The quantitative estimate of drug-likeness (QED) is 0.656. The number of nitrogens with one attached hydrogen (secondary N) is 1. The van der Waals surface area contributed by atoms with Crippen LogP contribution < -0.4 is 5.32 Å². The minimum atomic E-state index is -0.244. The Hall–Kier alpha value is -1.11. The van der Waals surface area contributed by atoms with Crippen LogP contribution in [0.2, 0.25) is 0 Å². The number of aromatic nitrogens is 1. The number of ether oxygens (including phenoxy) is 1. The number of hydrogen-bond donors (Lipinski definition) is 1. The van der Waals surface area contributed by atoms with E-state index in [0.29, 0.717) is 0 Å². The molecule has 0 aliphatic carbocycles. The third kappa shape index (κ3) is 3.68. The molecule has 1 aromatic carbocycles. The van der Waals surface area contributed by atoms with Crippen LogP contribution in [-0.4, -0.2) is 36.9 Å². The summed E-state index contributed by atoms with van der Waals surface area (Å²) in [4.78, 5) is 16.0. The van der Waals surface area contributed by atoms with Crippen molar-refractivity contribution in [1.29, 1.82) is 0 Å². The van der Waals surface area contributed by atoms with Crippen LogP contribution in [0.4, 0.5) is 0 Å². The van der Waals surface area contributed by atoms with Gasteiger partial charge in [0.25, 0.3) is 0 Å². The molecule has 0 spiro atoms. The molecule has 1 heterocycles. The van der Waals surface area contributed by atoms with E-state index < -0.39 is 0 Å². The SMILES string of the molecule is CNC(CCSc1nc2ccccc2s1)C(=O)OC. The van der Waals surface area contributed by atoms with E-state index in [-0.39, 0.29) is 12.0 Å². The summed E-state index contributed by atoms with van der Waals surface area (Å²) in [5.74, 6) is 0.618. The lowest BCUT2D eigenvalue weighted by atomic mass is 10.2. The lowest BCUT2D eigenvalue weighted by Gasteiger charge is -2.12. The van der Waals surface area contributed by atoms with Crippen LogP contribution in [0.1, 0.15) is 6.42 Å². The van der Waals surface area contributed by atoms with Gasteiger partial charge in [-0.15, -0.1) is 11.3 Å². The van der Waals surface area contributed by atoms with Gasteiger partial charge in [0.2, 0.25) is 0 Å². The van der Waals surface area contributed by atoms with E-state index in [1.807, 2.05) is 18.2 Å². The number of rotatable bonds is 6. The van der Waals surface area contributed by atoms with Gasteiger partial charge in [-0.1, -0.05) is 23.9 Å². The summed E-state index contributed by atoms with van der Waals surface area (Å²) < 4.78 is 6.97. The van der Waals surface area contributed by atoms with E-state index in [2.05, 4.69) is 16.4 Å². The molecule has 0 aliphatic rings. The second-order valence-corrected chi connectivity index (χ2v) is 6.32. The van der Waals surface area contributed by atoms with Gasteiger partial charge in [0.05, 0.1) is 17.3 Å². The normalized spacial score (nSPS) is 12.5. The van der Waals surface area contributed by atoms with Gasteiger partial charge in [-0.05, 0) is 25.6 Å². The summed E-state index contributed by atoms with van der Waals surface area (Å²) in [6, 6.07) is 7.85. The molecule has 0 bridgehead atoms. The average Bonchev–Trinajstić information content (AvgIpc) is 2.85. The summed E-state index contributed by atoms with van der Waals surface area (Å²) in [6.45, 7) is 0. The van der Waals surface area contributed by atoms with Crippen molar-refractivity contribution in [3.8, 4) is 0 Å². The second kappa shape index (κ2) is 6.88. The Balaban J connectivity index is 1.90. The third-order valence-electron chi connectivity index (χ3n) is 2.74. The van der Waals surface area contributed by atoms with Gasteiger partial charge < -0.3 is 10.1 Å². The Kier molecular flexibility index (Phi) is 5.18. The third-order valence-corrected chi connectivity index (χ3v) is 4.95. The summed E-state index contributed by atoms with van der Waals surface area (Å²) in [7, 11) is 3.18. The van der Waals surface area contributed by atoms with Crippen LogP contribution in [-0.2, 0) is 9.53 Å². The zero-order valence-electron chi connectivity index (χ0n) is 10.9. The molecule has 0 saturated carbocycles. The number of methoxy groups -OCH3 is 1. The molecule has 1 atom stereocenters. The maximum Gasteiger partial charge on any atom is 0.322 e. The Labute approximate surface area is 120 Å². The van der Waals surface area contributed by atoms with E-state index in [0.717, 1.165) is 22.0 Å². The average molecular weight is 296 g/mol. The van der Waals surface area contributed by atoms with Gasteiger partial charge in [0.15, 0.2) is 4.34 Å². The molecular formula is C13H16N2O2S2. The van der Waals surface area contributed by atoms with Gasteiger partial charge in [-0.25, -0.2) is 4.98 Å². The number of benzene rings is 1. The second-order valence-electron chi connectivity index (χ2n) is 3.95. The predicted molar refractivity (Wildman–Crippen MR) is 79.8 cm³/mol. The molecule has 4 nitrogen and oxygen atoms in total. The Bertz CT molecular complexity index is 523. The van der Waals surface area contributed by atoms with Crippen molar-refractivity contribution in [1.82, 2.24) is 10.3 Å². The molecule has 19 heavy (non-hydrogen) atoms. The summed E-state index contributed by atoms with van der Waals surface area (Å²) in [5, 5.41) is 2.96. The zero-order chi connectivity index (χ0) is 13.7. The van der Waals surface area contributed by atoms with Crippen molar-refractivity contribution in [3.05, 3.63) is 24.3 Å². The van der Waals surface area contributed by atoms with Gasteiger partial charge in [0, 0.05) is 5.75 Å². The van der Waals surface area contributed by atoms with E-state index in [4.69, 9.17) is 4.74 Å². The molecule has 0 radical (unpaired) electrons. The van der Waals surface area contributed by atoms with Crippen molar-refractivity contribution in [2.24, 2.45) is 0 Å². The molecule has 0 aliphatic heterocycles. The van der Waals surface area contributed by atoms with Crippen molar-refractivity contribution in [2.75, 3.05) is 19.9 Å². The Morgan fingerprint density at radius 2 is 2.32 bits per heavy atom. The van der Waals surface area contributed by atoms with Crippen LogP contribution >= 0.6 is 23.1 Å². The Morgan fingerprint density at radius 3 is 3.00 bits per heavy atom. The standard InChI is InChI=1S/C13H16N2O2S2/c1-14-10(12(16)17-2)7-8-18-13-15-9-5-3-4-6-11(9)19-13/h3-6,10,14H,7-8H2,1-2H3. The summed E-state index contributed by atoms with van der Waals surface area (Å²) in [6.07, 6.45) is 0.726. The molecule has 102 valence electrons. The zero-order valence-corrected chi connectivity index (χ0v) is 12.5. The fourth-order valence-electron chi connectivity index (χ4n) is 1.70. The molecule has 1 aromatic heterocycles. The maximum absolute atomic E-state index is 11.4. The van der Waals surface area contributed by atoms with Crippen LogP contribution in [0.3, 0.4) is 0 Å². The number of nitrogens with zero attached hydrogens (tertiary/aromatic N) is 1. The van der Waals surface area contributed by atoms with Crippen LogP contribution in [0.5, 0.6) is 0 Å². The molecular weight excluding hydrogens is 280 g/mol. The van der Waals surface area contributed by atoms with Crippen molar-refractivity contribution >= 4 is 39.3 Å². The number of hydrogen-bond acceptors (Lipinski definition) is 6. The first-order valence-electron chi connectivity index (χ1n) is 5.98. The van der Waals surface area contributed by atoms with Gasteiger partial charge in [-0.2, -0.15) is 0 Å². The van der Waals surface area contributed by atoms with Crippen LogP contribution in [0.25, 0.3) is 10.2 Å². The molecule has 2 aromatic rings. The fraction of sp³-hybridized carbons (Fsp3) is 0.385. The van der Waals surface area contributed by atoms with Gasteiger partial charge in [-0.3, -0.25) is 4.79 Å². The van der Waals surface area contributed by atoms with Crippen molar-refractivity contribution in [2.45, 2.75) is 16.8 Å². The lowest BCUT2D eigenvalue weighted by Crippen LogP contribution is -2.35. The number of carbonyl (C=O) groups is 1. The summed E-state index contributed by atoms with van der Waals surface area (Å²) in [5.41, 5.74) is 1.04. The Morgan fingerprint density at radius 1 is 1.53 bits per heavy atom. The molecule has 2 rings (SSSR count). The number of likely N-dealkylation sites (N-methyl/N-ethyl adjacent to an activating group) is 1. The van der Waals surface area contributed by atoms with Crippen molar-refractivity contribution in [3.63, 3.8) is 0 Å². The molecule has 1 unspecified atom stereocenters. The van der Waals surface area contributed by atoms with E-state index >= 15 is 0 Å².